The molecule has 1 aromatic carbocycles. The number of carbonyl (C=O) groups excluding carboxylic acids is 1. The Labute approximate surface area is 205 Å². The number of pyridine rings is 2. The normalized spacial score (nSPS) is 12.1. The zero-order valence-electron chi connectivity index (χ0n) is 19.0. The Kier molecular flexibility index (Phi) is 7.23. The number of halogens is 1. The number of aromatic amines is 1. The molecule has 176 valence electrons. The van der Waals surface area contributed by atoms with Crippen LogP contribution in [0.1, 0.15) is 35.8 Å². The van der Waals surface area contributed by atoms with Crippen LogP contribution < -0.4 is 10.7 Å². The molecule has 3 heterocycles. The lowest BCUT2D eigenvalue weighted by Crippen LogP contribution is -2.18. The Hall–Kier alpha value is -3.30. The van der Waals surface area contributed by atoms with Gasteiger partial charge in [0.25, 0.3) is 5.91 Å². The smallest absolute Gasteiger partial charge is 0.258 e. The molecule has 0 aliphatic heterocycles. The van der Waals surface area contributed by atoms with Crippen molar-refractivity contribution >= 4 is 38.8 Å². The first-order valence-corrected chi connectivity index (χ1v) is 11.9. The van der Waals surface area contributed by atoms with E-state index >= 15 is 0 Å². The minimum atomic E-state index is -0.335. The van der Waals surface area contributed by atoms with Crippen LogP contribution in [0.4, 0.5) is 5.95 Å². The van der Waals surface area contributed by atoms with E-state index in [1.807, 2.05) is 22.8 Å². The Morgan fingerprint density at radius 2 is 2.06 bits per heavy atom. The van der Waals surface area contributed by atoms with E-state index in [0.717, 1.165) is 28.3 Å². The van der Waals surface area contributed by atoms with Crippen molar-refractivity contribution in [2.45, 2.75) is 33.2 Å². The summed E-state index contributed by atoms with van der Waals surface area (Å²) >= 11 is 3.52. The third kappa shape index (κ3) is 5.26. The molecule has 1 atom stereocenters. The van der Waals surface area contributed by atoms with Crippen molar-refractivity contribution in [2.24, 2.45) is 5.92 Å². The number of rotatable bonds is 8. The molecule has 0 bridgehead atoms. The van der Waals surface area contributed by atoms with Crippen LogP contribution in [-0.2, 0) is 6.54 Å². The maximum absolute atomic E-state index is 13.3. The molecule has 34 heavy (non-hydrogen) atoms. The predicted molar refractivity (Wildman–Crippen MR) is 136 cm³/mol. The Morgan fingerprint density at radius 1 is 1.24 bits per heavy atom. The number of aryl methyl sites for hydroxylation is 1. The zero-order valence-corrected chi connectivity index (χ0v) is 20.6. The fourth-order valence-electron chi connectivity index (χ4n) is 3.95. The van der Waals surface area contributed by atoms with E-state index in [2.05, 4.69) is 43.1 Å². The number of hydrogen-bond donors (Lipinski definition) is 3. The van der Waals surface area contributed by atoms with Gasteiger partial charge < -0.3 is 14.7 Å². The van der Waals surface area contributed by atoms with Crippen LogP contribution in [0.5, 0.6) is 0 Å². The molecule has 4 rings (SSSR count). The summed E-state index contributed by atoms with van der Waals surface area (Å²) in [5, 5.41) is 12.1. The Morgan fingerprint density at radius 3 is 2.82 bits per heavy atom. The molecule has 8 nitrogen and oxygen atoms in total. The number of hydrogen-bond acceptors (Lipinski definition) is 5. The summed E-state index contributed by atoms with van der Waals surface area (Å²) in [5.74, 6) is 0.388. The monoisotopic (exact) mass is 523 g/mol. The number of aliphatic hydroxyl groups excluding tert-OH is 1. The lowest BCUT2D eigenvalue weighted by Gasteiger charge is -2.16. The van der Waals surface area contributed by atoms with Gasteiger partial charge in [0.05, 0.1) is 22.3 Å². The third-order valence-corrected chi connectivity index (χ3v) is 6.09. The van der Waals surface area contributed by atoms with E-state index in [1.54, 1.807) is 31.5 Å². The second kappa shape index (κ2) is 10.3. The number of nitrogens with one attached hydrogen (secondary N) is 2. The molecule has 0 saturated heterocycles. The number of imidazole rings is 1. The molecule has 3 aromatic heterocycles. The molecule has 4 aromatic rings. The molecule has 0 saturated carbocycles. The van der Waals surface area contributed by atoms with Gasteiger partial charge in [-0.1, -0.05) is 22.9 Å². The highest BCUT2D eigenvalue weighted by Gasteiger charge is 2.18. The summed E-state index contributed by atoms with van der Waals surface area (Å²) < 4.78 is 2.92. The van der Waals surface area contributed by atoms with Gasteiger partial charge in [0.15, 0.2) is 5.43 Å². The van der Waals surface area contributed by atoms with Crippen LogP contribution >= 0.6 is 15.9 Å². The molecule has 0 spiro atoms. The molecule has 1 amide bonds. The van der Waals surface area contributed by atoms with Gasteiger partial charge in [-0.3, -0.25) is 19.9 Å². The number of aromatic nitrogens is 4. The van der Waals surface area contributed by atoms with Crippen LogP contribution in [0.25, 0.3) is 22.3 Å². The molecule has 0 unspecified atom stereocenters. The van der Waals surface area contributed by atoms with E-state index in [0.29, 0.717) is 35.0 Å². The van der Waals surface area contributed by atoms with Crippen LogP contribution in [-0.4, -0.2) is 37.1 Å². The van der Waals surface area contributed by atoms with Crippen molar-refractivity contribution in [2.75, 3.05) is 11.9 Å². The SMILES string of the molecule is Cc1cc(C(=O)Nc2nc3ccc(Br)cc3n2C[C@H](C)CCCO)cc(-c2c[nH]ccc2=O)n1. The van der Waals surface area contributed by atoms with E-state index in [4.69, 9.17) is 0 Å². The molecule has 0 aliphatic carbocycles. The second-order valence-electron chi connectivity index (χ2n) is 8.41. The molecule has 9 heteroatoms. The van der Waals surface area contributed by atoms with Crippen LogP contribution in [0.3, 0.4) is 0 Å². The van der Waals surface area contributed by atoms with E-state index in [9.17, 15) is 14.7 Å². The van der Waals surface area contributed by atoms with Crippen molar-refractivity contribution in [3.05, 3.63) is 74.7 Å². The number of nitrogens with zero attached hydrogens (tertiary/aromatic N) is 3. The largest absolute Gasteiger partial charge is 0.396 e. The summed E-state index contributed by atoms with van der Waals surface area (Å²) in [6.45, 7) is 4.69. The van der Waals surface area contributed by atoms with Gasteiger partial charge in [-0.2, -0.15) is 0 Å². The van der Waals surface area contributed by atoms with Crippen LogP contribution in [0.15, 0.2) is 58.1 Å². The van der Waals surface area contributed by atoms with Gasteiger partial charge >= 0.3 is 0 Å². The Balaban J connectivity index is 1.69. The number of amides is 1. The molecule has 0 aliphatic rings. The van der Waals surface area contributed by atoms with Crippen molar-refractivity contribution < 1.29 is 9.90 Å². The fraction of sp³-hybridized carbons (Fsp3) is 0.280. The molecular formula is C25H26BrN5O3. The summed E-state index contributed by atoms with van der Waals surface area (Å²) in [4.78, 5) is 37.5. The molecule has 0 fully saturated rings. The lowest BCUT2D eigenvalue weighted by molar-refractivity contribution is 0.102. The van der Waals surface area contributed by atoms with E-state index in [1.165, 1.54) is 6.07 Å². The maximum atomic E-state index is 13.3. The first-order valence-electron chi connectivity index (χ1n) is 11.1. The Bertz CT molecular complexity index is 1400. The summed E-state index contributed by atoms with van der Waals surface area (Å²) in [6, 6.07) is 10.5. The highest BCUT2D eigenvalue weighted by atomic mass is 79.9. The molecule has 3 N–H and O–H groups in total. The maximum Gasteiger partial charge on any atom is 0.258 e. The van der Waals surface area contributed by atoms with Gasteiger partial charge in [0, 0.05) is 47.3 Å². The van der Waals surface area contributed by atoms with Crippen LogP contribution in [0, 0.1) is 12.8 Å². The fourth-order valence-corrected chi connectivity index (χ4v) is 4.30. The van der Waals surface area contributed by atoms with Gasteiger partial charge in [-0.15, -0.1) is 0 Å². The topological polar surface area (TPSA) is 113 Å². The molecule has 0 radical (unpaired) electrons. The van der Waals surface area contributed by atoms with E-state index in [-0.39, 0.29) is 23.9 Å². The van der Waals surface area contributed by atoms with Gasteiger partial charge in [0.1, 0.15) is 0 Å². The minimum absolute atomic E-state index is 0.151. The quantitative estimate of drug-likeness (QED) is 0.314. The number of H-pyrrole nitrogens is 1. The second-order valence-corrected chi connectivity index (χ2v) is 9.32. The number of aliphatic hydroxyl groups is 1. The highest BCUT2D eigenvalue weighted by Crippen LogP contribution is 2.26. The van der Waals surface area contributed by atoms with Crippen molar-refractivity contribution in [1.82, 2.24) is 19.5 Å². The van der Waals surface area contributed by atoms with Crippen molar-refractivity contribution in [3.8, 4) is 11.3 Å². The minimum Gasteiger partial charge on any atom is -0.396 e. The number of fused-ring (bicyclic) bond motifs is 1. The van der Waals surface area contributed by atoms with Gasteiger partial charge in [0.2, 0.25) is 5.95 Å². The lowest BCUT2D eigenvalue weighted by atomic mass is 10.1. The standard InChI is InChI=1S/C25H26BrN5O3/c1-15(4-3-9-32)14-31-22-12-18(26)5-6-20(22)29-25(31)30-24(34)17-10-16(2)28-21(11-17)19-13-27-8-7-23(19)33/h5-8,10-13,15,32H,3-4,9,14H2,1-2H3,(H,27,33)(H,29,30,34)/t15-/m1/s1. The average molecular weight is 524 g/mol. The van der Waals surface area contributed by atoms with Crippen molar-refractivity contribution in [3.63, 3.8) is 0 Å². The summed E-state index contributed by atoms with van der Waals surface area (Å²) in [6.07, 6.45) is 4.71. The van der Waals surface area contributed by atoms with Gasteiger partial charge in [-0.05, 0) is 56.0 Å². The van der Waals surface area contributed by atoms with Crippen LogP contribution in [0.2, 0.25) is 0 Å². The van der Waals surface area contributed by atoms with Gasteiger partial charge in [-0.25, -0.2) is 4.98 Å². The van der Waals surface area contributed by atoms with E-state index < -0.39 is 0 Å². The summed E-state index contributed by atoms with van der Waals surface area (Å²) in [5.41, 5.74) is 3.35. The first-order chi connectivity index (χ1) is 16.4. The zero-order chi connectivity index (χ0) is 24.2. The average Bonchev–Trinajstić information content (AvgIpc) is 3.13. The third-order valence-electron chi connectivity index (χ3n) is 5.60. The highest BCUT2D eigenvalue weighted by molar-refractivity contribution is 9.10. The first kappa shape index (κ1) is 23.8. The number of benzene rings is 1. The number of anilines is 1. The predicted octanol–water partition coefficient (Wildman–Crippen LogP) is 4.52. The van der Waals surface area contributed by atoms with Crippen molar-refractivity contribution in [1.29, 1.82) is 0 Å². The summed E-state index contributed by atoms with van der Waals surface area (Å²) in [7, 11) is 0. The molecular weight excluding hydrogens is 498 g/mol. The number of carbonyl (C=O) groups is 1.